The Morgan fingerprint density at radius 3 is 2.67 bits per heavy atom. The van der Waals surface area contributed by atoms with Crippen LogP contribution in [0.2, 0.25) is 0 Å². The first-order valence-electron chi connectivity index (χ1n) is 15.2. The molecule has 4 fully saturated rings. The van der Waals surface area contributed by atoms with Gasteiger partial charge < -0.3 is 14.6 Å². The minimum Gasteiger partial charge on any atom is -0.383 e. The highest BCUT2D eigenvalue weighted by atomic mass is 16.7. The molecule has 5 aliphatic rings. The quantitative estimate of drug-likeness (QED) is 0.375. The number of fused-ring (bicyclic) bond motifs is 5. The maximum Gasteiger partial charge on any atom is 0.163 e. The van der Waals surface area contributed by atoms with Gasteiger partial charge in [0, 0.05) is 13.0 Å². The van der Waals surface area contributed by atoms with E-state index in [2.05, 4.69) is 26.8 Å². The molecule has 0 amide bonds. The van der Waals surface area contributed by atoms with Crippen LogP contribution < -0.4 is 0 Å². The number of carbonyl (C=O) groups is 1. The number of aliphatic hydroxyl groups is 1. The van der Waals surface area contributed by atoms with Crippen LogP contribution in [-0.4, -0.2) is 35.5 Å². The smallest absolute Gasteiger partial charge is 0.163 e. The maximum atomic E-state index is 12.4. The molecule has 4 heteroatoms. The van der Waals surface area contributed by atoms with Crippen molar-refractivity contribution >= 4 is 5.78 Å². The van der Waals surface area contributed by atoms with Gasteiger partial charge in [-0.3, -0.25) is 4.79 Å². The fourth-order valence-electron chi connectivity index (χ4n) is 9.62. The Labute approximate surface area is 220 Å². The van der Waals surface area contributed by atoms with Crippen LogP contribution in [-0.2, 0) is 14.3 Å². The molecule has 1 N–H and O–H groups in total. The zero-order valence-electron chi connectivity index (χ0n) is 23.7. The van der Waals surface area contributed by atoms with Crippen molar-refractivity contribution in [3.05, 3.63) is 11.6 Å². The first-order chi connectivity index (χ1) is 17.0. The monoisotopic (exact) mass is 500 g/mol. The van der Waals surface area contributed by atoms with Crippen LogP contribution in [0.1, 0.15) is 118 Å². The summed E-state index contributed by atoms with van der Waals surface area (Å²) in [7, 11) is 0. The van der Waals surface area contributed by atoms with Gasteiger partial charge in [0.25, 0.3) is 0 Å². The van der Waals surface area contributed by atoms with Gasteiger partial charge in [-0.25, -0.2) is 0 Å². The highest BCUT2D eigenvalue weighted by molar-refractivity contribution is 5.86. The van der Waals surface area contributed by atoms with Crippen LogP contribution in [0.15, 0.2) is 11.6 Å². The molecule has 0 aromatic rings. The molecule has 1 aliphatic heterocycles. The van der Waals surface area contributed by atoms with Gasteiger partial charge in [-0.1, -0.05) is 32.4 Å². The van der Waals surface area contributed by atoms with E-state index in [0.29, 0.717) is 35.2 Å². The number of Topliss-reactive ketones (excluding diaryl/α,β-unsaturated/α-hetero) is 1. The molecule has 204 valence electrons. The Morgan fingerprint density at radius 2 is 1.94 bits per heavy atom. The Morgan fingerprint density at radius 1 is 1.14 bits per heavy atom. The third kappa shape index (κ3) is 4.89. The van der Waals surface area contributed by atoms with Crippen LogP contribution in [0.25, 0.3) is 0 Å². The Hall–Kier alpha value is -0.710. The molecule has 3 saturated carbocycles. The topological polar surface area (TPSA) is 55.8 Å². The lowest BCUT2D eigenvalue weighted by atomic mass is 9.47. The van der Waals surface area contributed by atoms with Crippen molar-refractivity contribution in [3.8, 4) is 0 Å². The Bertz CT molecular complexity index is 836. The van der Waals surface area contributed by atoms with Gasteiger partial charge >= 0.3 is 0 Å². The van der Waals surface area contributed by atoms with Crippen LogP contribution in [0, 0.1) is 40.4 Å². The van der Waals surface area contributed by atoms with Crippen LogP contribution in [0.3, 0.4) is 0 Å². The number of rotatable bonds is 7. The SMILES string of the molecule is C[C@H](CCC(=O)C(C)(C)O)[C@H]1CC[C@H]2[C@@H]3CC=C4C[C@H](OC5CCCCO5)CC[C@]4(C)[C@H]3CC[C@]12C. The second-order valence-corrected chi connectivity index (χ2v) is 14.3. The van der Waals surface area contributed by atoms with Crippen molar-refractivity contribution in [2.24, 2.45) is 40.4 Å². The van der Waals surface area contributed by atoms with Crippen LogP contribution >= 0.6 is 0 Å². The van der Waals surface area contributed by atoms with E-state index in [1.54, 1.807) is 19.4 Å². The average molecular weight is 501 g/mol. The summed E-state index contributed by atoms with van der Waals surface area (Å²) in [5.74, 6) is 3.68. The summed E-state index contributed by atoms with van der Waals surface area (Å²) in [6.07, 6.45) is 18.1. The zero-order valence-corrected chi connectivity index (χ0v) is 23.7. The van der Waals surface area contributed by atoms with Gasteiger partial charge in [-0.15, -0.1) is 0 Å². The van der Waals surface area contributed by atoms with Gasteiger partial charge in [0.2, 0.25) is 0 Å². The lowest BCUT2D eigenvalue weighted by Gasteiger charge is -2.58. The zero-order chi connectivity index (χ0) is 25.7. The molecule has 1 unspecified atom stereocenters. The summed E-state index contributed by atoms with van der Waals surface area (Å²) < 4.78 is 12.3. The second-order valence-electron chi connectivity index (χ2n) is 14.3. The predicted octanol–water partition coefficient (Wildman–Crippen LogP) is 7.23. The fourth-order valence-corrected chi connectivity index (χ4v) is 9.62. The molecule has 0 aromatic heterocycles. The van der Waals surface area contributed by atoms with E-state index < -0.39 is 5.60 Å². The maximum absolute atomic E-state index is 12.4. The van der Waals surface area contributed by atoms with Gasteiger partial charge in [-0.05, 0) is 131 Å². The van der Waals surface area contributed by atoms with Crippen LogP contribution in [0.5, 0.6) is 0 Å². The van der Waals surface area contributed by atoms with E-state index in [-0.39, 0.29) is 12.1 Å². The van der Waals surface area contributed by atoms with E-state index in [1.165, 1.54) is 57.8 Å². The minimum absolute atomic E-state index is 0.00902. The molecule has 4 aliphatic carbocycles. The summed E-state index contributed by atoms with van der Waals surface area (Å²) in [5, 5.41) is 10.1. The first kappa shape index (κ1) is 26.9. The van der Waals surface area contributed by atoms with Gasteiger partial charge in [0.15, 0.2) is 12.1 Å². The van der Waals surface area contributed by atoms with Gasteiger partial charge in [0.1, 0.15) is 5.60 Å². The Kier molecular flexibility index (Phi) is 7.55. The molecule has 0 radical (unpaired) electrons. The van der Waals surface area contributed by atoms with Crippen molar-refractivity contribution in [3.63, 3.8) is 0 Å². The summed E-state index contributed by atoms with van der Waals surface area (Å²) in [6, 6.07) is 0. The number of allylic oxidation sites excluding steroid dienone is 1. The van der Waals surface area contributed by atoms with Gasteiger partial charge in [-0.2, -0.15) is 0 Å². The normalized spacial score (nSPS) is 43.7. The molecule has 0 bridgehead atoms. The molecule has 36 heavy (non-hydrogen) atoms. The summed E-state index contributed by atoms with van der Waals surface area (Å²) in [6.45, 7) is 11.7. The second kappa shape index (κ2) is 10.1. The highest BCUT2D eigenvalue weighted by Crippen LogP contribution is 2.67. The number of ketones is 1. The largest absolute Gasteiger partial charge is 0.383 e. The summed E-state index contributed by atoms with van der Waals surface area (Å²) >= 11 is 0. The molecule has 9 atom stereocenters. The van der Waals surface area contributed by atoms with E-state index in [1.807, 2.05) is 0 Å². The number of carbonyl (C=O) groups excluding carboxylic acids is 1. The molecular formula is C32H52O4. The first-order valence-corrected chi connectivity index (χ1v) is 15.2. The van der Waals surface area contributed by atoms with Gasteiger partial charge in [0.05, 0.1) is 6.10 Å². The summed E-state index contributed by atoms with van der Waals surface area (Å²) in [5.41, 5.74) is 1.24. The number of hydrogen-bond acceptors (Lipinski definition) is 4. The van der Waals surface area contributed by atoms with E-state index in [0.717, 1.165) is 43.6 Å². The number of ether oxygens (including phenoxy) is 2. The van der Waals surface area contributed by atoms with Crippen molar-refractivity contribution < 1.29 is 19.4 Å². The highest BCUT2D eigenvalue weighted by Gasteiger charge is 2.59. The lowest BCUT2D eigenvalue weighted by Crippen LogP contribution is -2.51. The van der Waals surface area contributed by atoms with Crippen molar-refractivity contribution in [1.82, 2.24) is 0 Å². The fraction of sp³-hybridized carbons (Fsp3) is 0.906. The van der Waals surface area contributed by atoms with Crippen molar-refractivity contribution in [1.29, 1.82) is 0 Å². The van der Waals surface area contributed by atoms with E-state index >= 15 is 0 Å². The van der Waals surface area contributed by atoms with Crippen molar-refractivity contribution in [2.75, 3.05) is 6.61 Å². The third-order valence-corrected chi connectivity index (χ3v) is 11.8. The molecular weight excluding hydrogens is 448 g/mol. The molecule has 5 rings (SSSR count). The molecule has 1 heterocycles. The molecule has 0 spiro atoms. The van der Waals surface area contributed by atoms with Crippen LogP contribution in [0.4, 0.5) is 0 Å². The predicted molar refractivity (Wildman–Crippen MR) is 143 cm³/mol. The van der Waals surface area contributed by atoms with Crippen molar-refractivity contribution in [2.45, 2.75) is 136 Å². The molecule has 1 saturated heterocycles. The number of hydrogen-bond donors (Lipinski definition) is 1. The van der Waals surface area contributed by atoms with E-state index in [9.17, 15) is 9.90 Å². The third-order valence-electron chi connectivity index (χ3n) is 11.8. The lowest BCUT2D eigenvalue weighted by molar-refractivity contribution is -0.195. The average Bonchev–Trinajstić information content (AvgIpc) is 3.20. The molecule has 0 aromatic carbocycles. The molecule has 4 nitrogen and oxygen atoms in total. The Balaban J connectivity index is 1.24. The summed E-state index contributed by atoms with van der Waals surface area (Å²) in [4.78, 5) is 12.4. The standard InChI is InChI=1S/C32H52O4/c1-21(9-14-28(33)30(2,3)34)25-12-13-26-24-11-10-22-20-23(36-29-8-6-7-19-35-29)15-17-31(22,4)27(24)16-18-32(25,26)5/h10,21,23-27,29,34H,6-9,11-20H2,1-5H3/t21-,23-,24+,25-,26+,27+,29?,31+,32-/m1/s1. The minimum atomic E-state index is -1.20. The van der Waals surface area contributed by atoms with E-state index in [4.69, 9.17) is 9.47 Å².